The fourth-order valence-corrected chi connectivity index (χ4v) is 1.90. The van der Waals surface area contributed by atoms with Crippen LogP contribution in [0.1, 0.15) is 11.5 Å². The van der Waals surface area contributed by atoms with E-state index < -0.39 is 0 Å². The summed E-state index contributed by atoms with van der Waals surface area (Å²) < 4.78 is 5.40. The second kappa shape index (κ2) is 4.10. The quantitative estimate of drug-likeness (QED) is 0.719. The van der Waals surface area contributed by atoms with Gasteiger partial charge in [0.25, 0.3) is 0 Å². The molecule has 0 saturated carbocycles. The molecule has 0 aliphatic carbocycles. The lowest BCUT2D eigenvalue weighted by Gasteiger charge is -2.02. The Labute approximate surface area is 108 Å². The predicted octanol–water partition coefficient (Wildman–Crippen LogP) is 2.78. The lowest BCUT2D eigenvalue weighted by atomic mass is 10.1. The molecule has 1 aromatic carbocycles. The molecule has 3 aromatic rings. The topological polar surface area (TPSA) is 82.9 Å². The van der Waals surface area contributed by atoms with E-state index in [-0.39, 0.29) is 11.3 Å². The van der Waals surface area contributed by atoms with E-state index in [1.807, 2.05) is 24.3 Å². The number of pyridine rings is 1. The molecule has 92 valence electrons. The molecule has 0 bridgehead atoms. The zero-order chi connectivity index (χ0) is 13.4. The summed E-state index contributed by atoms with van der Waals surface area (Å²) in [4.78, 5) is 8.36. The molecule has 5 nitrogen and oxygen atoms in total. The standard InChI is InChI=1S/C14H9N3O2/c1-8-17-12-4-9(2-3-14(12)19-8)11-5-10(6-15)13(18)7-16-11/h2-5,7,18H,1H3. The van der Waals surface area contributed by atoms with Gasteiger partial charge in [-0.1, -0.05) is 0 Å². The minimum atomic E-state index is -0.121. The first kappa shape index (κ1) is 11.2. The van der Waals surface area contributed by atoms with Crippen molar-refractivity contribution >= 4 is 11.1 Å². The van der Waals surface area contributed by atoms with E-state index in [2.05, 4.69) is 9.97 Å². The summed E-state index contributed by atoms with van der Waals surface area (Å²) in [6.45, 7) is 1.78. The van der Waals surface area contributed by atoms with Crippen molar-refractivity contribution in [3.8, 4) is 23.1 Å². The van der Waals surface area contributed by atoms with Crippen molar-refractivity contribution in [2.45, 2.75) is 6.92 Å². The number of aromatic hydroxyl groups is 1. The van der Waals surface area contributed by atoms with Crippen LogP contribution in [0.15, 0.2) is 34.9 Å². The largest absolute Gasteiger partial charge is 0.505 e. The Morgan fingerprint density at radius 3 is 2.95 bits per heavy atom. The normalized spacial score (nSPS) is 10.5. The van der Waals surface area contributed by atoms with E-state index >= 15 is 0 Å². The van der Waals surface area contributed by atoms with Gasteiger partial charge in [0.1, 0.15) is 11.6 Å². The zero-order valence-corrected chi connectivity index (χ0v) is 10.1. The van der Waals surface area contributed by atoms with E-state index in [1.54, 1.807) is 13.0 Å². The highest BCUT2D eigenvalue weighted by molar-refractivity contribution is 5.79. The first-order chi connectivity index (χ1) is 9.17. The lowest BCUT2D eigenvalue weighted by Crippen LogP contribution is -1.86. The first-order valence-corrected chi connectivity index (χ1v) is 5.64. The van der Waals surface area contributed by atoms with Crippen molar-refractivity contribution in [3.63, 3.8) is 0 Å². The van der Waals surface area contributed by atoms with Crippen LogP contribution in [0.5, 0.6) is 5.75 Å². The average Bonchev–Trinajstić information content (AvgIpc) is 2.78. The van der Waals surface area contributed by atoms with Crippen LogP contribution in [0.3, 0.4) is 0 Å². The Bertz CT molecular complexity index is 815. The number of benzene rings is 1. The van der Waals surface area contributed by atoms with Gasteiger partial charge in [-0.2, -0.15) is 5.26 Å². The molecule has 0 amide bonds. The third kappa shape index (κ3) is 1.89. The summed E-state index contributed by atoms with van der Waals surface area (Å²) in [6, 6.07) is 8.96. The Morgan fingerprint density at radius 2 is 2.16 bits per heavy atom. The first-order valence-electron chi connectivity index (χ1n) is 5.64. The van der Waals surface area contributed by atoms with Gasteiger partial charge in [0, 0.05) is 12.5 Å². The maximum absolute atomic E-state index is 9.44. The van der Waals surface area contributed by atoms with Crippen LogP contribution in [-0.2, 0) is 0 Å². The van der Waals surface area contributed by atoms with Gasteiger partial charge in [-0.25, -0.2) is 4.98 Å². The molecule has 19 heavy (non-hydrogen) atoms. The van der Waals surface area contributed by atoms with Crippen molar-refractivity contribution in [3.05, 3.63) is 41.9 Å². The smallest absolute Gasteiger partial charge is 0.192 e. The van der Waals surface area contributed by atoms with E-state index in [9.17, 15) is 5.11 Å². The minimum absolute atomic E-state index is 0.121. The molecule has 0 aliphatic rings. The van der Waals surface area contributed by atoms with Crippen LogP contribution >= 0.6 is 0 Å². The highest BCUT2D eigenvalue weighted by Crippen LogP contribution is 2.26. The number of nitrogens with zero attached hydrogens (tertiary/aromatic N) is 3. The number of rotatable bonds is 1. The number of aromatic nitrogens is 2. The predicted molar refractivity (Wildman–Crippen MR) is 68.4 cm³/mol. The molecule has 5 heteroatoms. The van der Waals surface area contributed by atoms with Gasteiger partial charge in [0.2, 0.25) is 0 Å². The Balaban J connectivity index is 2.16. The SMILES string of the molecule is Cc1nc2cc(-c3cc(C#N)c(O)cn3)ccc2o1. The number of aryl methyl sites for hydroxylation is 1. The fourth-order valence-electron chi connectivity index (χ4n) is 1.90. The van der Waals surface area contributed by atoms with Crippen LogP contribution in [0.2, 0.25) is 0 Å². The molecule has 2 aromatic heterocycles. The van der Waals surface area contributed by atoms with Crippen LogP contribution in [0.4, 0.5) is 0 Å². The van der Waals surface area contributed by atoms with E-state index in [1.165, 1.54) is 6.20 Å². The third-order valence-electron chi connectivity index (χ3n) is 2.79. The summed E-state index contributed by atoms with van der Waals surface area (Å²) in [7, 11) is 0. The van der Waals surface area contributed by atoms with Gasteiger partial charge in [0.05, 0.1) is 17.5 Å². The minimum Gasteiger partial charge on any atom is -0.505 e. The number of oxazole rings is 1. The van der Waals surface area contributed by atoms with Crippen molar-refractivity contribution in [1.29, 1.82) is 5.26 Å². The second-order valence-electron chi connectivity index (χ2n) is 4.11. The fraction of sp³-hybridized carbons (Fsp3) is 0.0714. The molecular formula is C14H9N3O2. The monoisotopic (exact) mass is 251 g/mol. The highest BCUT2D eigenvalue weighted by Gasteiger charge is 2.08. The summed E-state index contributed by atoms with van der Waals surface area (Å²) in [5.74, 6) is 0.480. The molecule has 0 fully saturated rings. The molecule has 0 saturated heterocycles. The Kier molecular flexibility index (Phi) is 2.43. The van der Waals surface area contributed by atoms with Gasteiger partial charge in [-0.05, 0) is 24.3 Å². The van der Waals surface area contributed by atoms with Crippen LogP contribution in [-0.4, -0.2) is 15.1 Å². The molecule has 0 radical (unpaired) electrons. The molecule has 1 N–H and O–H groups in total. The van der Waals surface area contributed by atoms with Gasteiger partial charge in [-0.3, -0.25) is 4.98 Å². The van der Waals surface area contributed by atoms with E-state index in [0.29, 0.717) is 17.2 Å². The molecule has 3 rings (SSSR count). The van der Waals surface area contributed by atoms with Crippen molar-refractivity contribution in [2.75, 3.05) is 0 Å². The van der Waals surface area contributed by atoms with Crippen molar-refractivity contribution in [2.24, 2.45) is 0 Å². The molecule has 0 atom stereocenters. The third-order valence-corrected chi connectivity index (χ3v) is 2.79. The summed E-state index contributed by atoms with van der Waals surface area (Å²) in [5.41, 5.74) is 3.07. The Hall–Kier alpha value is -2.87. The summed E-state index contributed by atoms with van der Waals surface area (Å²) in [5, 5.41) is 18.3. The highest BCUT2D eigenvalue weighted by atomic mass is 16.3. The van der Waals surface area contributed by atoms with Gasteiger partial charge in [0.15, 0.2) is 17.2 Å². The molecular weight excluding hydrogens is 242 g/mol. The molecule has 0 spiro atoms. The maximum Gasteiger partial charge on any atom is 0.192 e. The number of fused-ring (bicyclic) bond motifs is 1. The second-order valence-corrected chi connectivity index (χ2v) is 4.11. The van der Waals surface area contributed by atoms with Gasteiger partial charge in [-0.15, -0.1) is 0 Å². The van der Waals surface area contributed by atoms with Crippen molar-refractivity contribution < 1.29 is 9.52 Å². The Morgan fingerprint density at radius 1 is 1.32 bits per heavy atom. The molecule has 0 unspecified atom stereocenters. The maximum atomic E-state index is 9.44. The van der Waals surface area contributed by atoms with E-state index in [4.69, 9.17) is 9.68 Å². The average molecular weight is 251 g/mol. The zero-order valence-electron chi connectivity index (χ0n) is 10.1. The van der Waals surface area contributed by atoms with E-state index in [0.717, 1.165) is 11.1 Å². The molecule has 0 aliphatic heterocycles. The van der Waals surface area contributed by atoms with Gasteiger partial charge >= 0.3 is 0 Å². The summed E-state index contributed by atoms with van der Waals surface area (Å²) >= 11 is 0. The number of hydrogen-bond donors (Lipinski definition) is 1. The van der Waals surface area contributed by atoms with Crippen LogP contribution in [0.25, 0.3) is 22.4 Å². The van der Waals surface area contributed by atoms with Crippen LogP contribution < -0.4 is 0 Å². The number of nitriles is 1. The summed E-state index contributed by atoms with van der Waals surface area (Å²) in [6.07, 6.45) is 1.27. The molecule has 2 heterocycles. The lowest BCUT2D eigenvalue weighted by molar-refractivity contribution is 0.471. The number of hydrogen-bond acceptors (Lipinski definition) is 5. The van der Waals surface area contributed by atoms with Gasteiger partial charge < -0.3 is 9.52 Å². The van der Waals surface area contributed by atoms with Crippen molar-refractivity contribution in [1.82, 2.24) is 9.97 Å². The van der Waals surface area contributed by atoms with Crippen LogP contribution in [0, 0.1) is 18.3 Å².